The summed E-state index contributed by atoms with van der Waals surface area (Å²) in [6.45, 7) is 7.30. The number of carbonyl (C=O) groups is 1. The number of aromatic nitrogens is 1. The third kappa shape index (κ3) is 4.79. The van der Waals surface area contributed by atoms with Crippen LogP contribution in [0.1, 0.15) is 50.1 Å². The lowest BCUT2D eigenvalue weighted by molar-refractivity contribution is -0.135. The molecule has 0 aliphatic heterocycles. The molecule has 4 rings (SSSR count). The average molecular weight is 476 g/mol. The van der Waals surface area contributed by atoms with Gasteiger partial charge in [0, 0.05) is 36.1 Å². The number of carbonyl (C=O) groups excluding carboxylic acids is 1. The number of nitrogens with one attached hydrogen (secondary N) is 2. The van der Waals surface area contributed by atoms with Crippen molar-refractivity contribution in [2.45, 2.75) is 52.1 Å². The molecule has 0 radical (unpaired) electrons. The normalized spacial score (nSPS) is 29.6. The minimum absolute atomic E-state index is 0.0247. The fourth-order valence-corrected chi connectivity index (χ4v) is 7.17. The topological polar surface area (TPSA) is 83.5 Å². The van der Waals surface area contributed by atoms with E-state index in [1.807, 2.05) is 6.92 Å². The molecule has 1 heterocycles. The molecule has 0 saturated heterocycles. The molecule has 2 aliphatic carbocycles. The molecule has 1 saturated carbocycles. The van der Waals surface area contributed by atoms with Crippen molar-refractivity contribution in [3.8, 4) is 0 Å². The molecule has 8 heteroatoms. The Hall–Kier alpha value is -2.03. The lowest BCUT2D eigenvalue weighted by atomic mass is 9.53. The monoisotopic (exact) mass is 475 g/mol. The van der Waals surface area contributed by atoms with Crippen LogP contribution >= 0.6 is 11.3 Å². The smallest absolute Gasteiger partial charge is 0.223 e. The number of thiazole rings is 1. The lowest BCUT2D eigenvalue weighted by Gasteiger charge is -2.53. The van der Waals surface area contributed by atoms with Gasteiger partial charge in [-0.05, 0) is 60.8 Å². The first-order valence-electron chi connectivity index (χ1n) is 11.7. The molecular weight excluding hydrogens is 441 g/mol. The molecule has 3 N–H and O–H groups in total. The molecule has 1 aromatic heterocycles. The first-order chi connectivity index (χ1) is 15.7. The third-order valence-corrected chi connectivity index (χ3v) is 8.67. The molecule has 0 spiro atoms. The number of hydrogen-bond donors (Lipinski definition) is 3. The quantitative estimate of drug-likeness (QED) is 0.515. The van der Waals surface area contributed by atoms with E-state index in [1.165, 1.54) is 17.0 Å². The first-order valence-corrected chi connectivity index (χ1v) is 12.5. The van der Waals surface area contributed by atoms with Gasteiger partial charge >= 0.3 is 0 Å². The Labute approximate surface area is 199 Å². The van der Waals surface area contributed by atoms with Crippen LogP contribution in [0.5, 0.6) is 0 Å². The van der Waals surface area contributed by atoms with Crippen molar-refractivity contribution in [2.75, 3.05) is 25.6 Å². The standard InChI is InChI=1S/C25H34FN3O3S/c1-14(23(31)27-11-12-32-4)18-9-10-25(3)13-19-21(15(2)20(25)22(18)30)29-24(33-19)28-17-7-5-16(26)6-8-17/h5-8,14-15,18,20,22,30H,9-13H2,1-4H3,(H,27,31)(H,28,29)/t14-,15-,18?,20+,22-,25-/m0/s1. The summed E-state index contributed by atoms with van der Waals surface area (Å²) in [5, 5.41) is 18.5. The van der Waals surface area contributed by atoms with Gasteiger partial charge in [0.2, 0.25) is 5.91 Å². The SMILES string of the molecule is COCCNC(=O)[C@@H](C)C1CC[C@@]2(C)Cc3sc(Nc4ccc(F)cc4)nc3[C@@H](C)[C@@H]2[C@H]1O. The number of fused-ring (bicyclic) bond motifs is 2. The second-order valence-electron chi connectivity index (χ2n) is 9.87. The molecule has 1 aromatic carbocycles. The highest BCUT2D eigenvalue weighted by atomic mass is 32.1. The van der Waals surface area contributed by atoms with E-state index in [0.717, 1.165) is 35.8 Å². The molecule has 180 valence electrons. The number of halogens is 1. The second-order valence-corrected chi connectivity index (χ2v) is 11.0. The Morgan fingerprint density at radius 2 is 2.12 bits per heavy atom. The zero-order valence-electron chi connectivity index (χ0n) is 19.7. The van der Waals surface area contributed by atoms with Gasteiger partial charge in [-0.3, -0.25) is 4.79 Å². The lowest BCUT2D eigenvalue weighted by Crippen LogP contribution is -2.53. The minimum Gasteiger partial charge on any atom is -0.392 e. The van der Waals surface area contributed by atoms with Gasteiger partial charge in [0.05, 0.1) is 18.4 Å². The number of anilines is 2. The summed E-state index contributed by atoms with van der Waals surface area (Å²) < 4.78 is 18.3. The number of rotatable bonds is 7. The van der Waals surface area contributed by atoms with Crippen molar-refractivity contribution in [2.24, 2.45) is 23.2 Å². The van der Waals surface area contributed by atoms with Gasteiger partial charge in [0.15, 0.2) is 5.13 Å². The molecule has 33 heavy (non-hydrogen) atoms. The number of aliphatic hydroxyl groups is 1. The summed E-state index contributed by atoms with van der Waals surface area (Å²) in [6, 6.07) is 6.26. The van der Waals surface area contributed by atoms with Gasteiger partial charge in [0.25, 0.3) is 0 Å². The fourth-order valence-electron chi connectivity index (χ4n) is 5.89. The molecule has 1 amide bonds. The molecule has 2 aromatic rings. The van der Waals surface area contributed by atoms with Crippen LogP contribution in [-0.2, 0) is 16.0 Å². The predicted octanol–water partition coefficient (Wildman–Crippen LogP) is 4.48. The Kier molecular flexibility index (Phi) is 7.07. The maximum Gasteiger partial charge on any atom is 0.223 e. The molecule has 0 bridgehead atoms. The van der Waals surface area contributed by atoms with Crippen LogP contribution in [0.25, 0.3) is 0 Å². The number of methoxy groups -OCH3 is 1. The average Bonchev–Trinajstić information content (AvgIpc) is 3.17. The maximum atomic E-state index is 13.2. The highest BCUT2D eigenvalue weighted by Crippen LogP contribution is 2.57. The first kappa shape index (κ1) is 24.1. The summed E-state index contributed by atoms with van der Waals surface area (Å²) >= 11 is 1.64. The van der Waals surface area contributed by atoms with Crippen molar-refractivity contribution in [1.82, 2.24) is 10.3 Å². The number of benzene rings is 1. The van der Waals surface area contributed by atoms with Crippen molar-refractivity contribution in [3.63, 3.8) is 0 Å². The van der Waals surface area contributed by atoms with Gasteiger partial charge in [-0.25, -0.2) is 9.37 Å². The van der Waals surface area contributed by atoms with Crippen molar-refractivity contribution >= 4 is 28.1 Å². The van der Waals surface area contributed by atoms with Crippen molar-refractivity contribution in [3.05, 3.63) is 40.7 Å². The fraction of sp³-hybridized carbons (Fsp3) is 0.600. The predicted molar refractivity (Wildman–Crippen MR) is 128 cm³/mol. The van der Waals surface area contributed by atoms with Crippen LogP contribution in [-0.4, -0.2) is 42.4 Å². The van der Waals surface area contributed by atoms with Gasteiger partial charge in [-0.15, -0.1) is 11.3 Å². The van der Waals surface area contributed by atoms with E-state index in [2.05, 4.69) is 24.5 Å². The van der Waals surface area contributed by atoms with Crippen LogP contribution < -0.4 is 10.6 Å². The van der Waals surface area contributed by atoms with E-state index in [1.54, 1.807) is 30.6 Å². The zero-order valence-corrected chi connectivity index (χ0v) is 20.5. The van der Waals surface area contributed by atoms with E-state index in [0.29, 0.717) is 13.2 Å². The molecule has 1 unspecified atom stereocenters. The Balaban J connectivity index is 1.52. The molecular formula is C25H34FN3O3S. The Morgan fingerprint density at radius 1 is 1.39 bits per heavy atom. The van der Waals surface area contributed by atoms with Crippen LogP contribution in [0.4, 0.5) is 15.2 Å². The summed E-state index contributed by atoms with van der Waals surface area (Å²) in [5.74, 6) is -0.511. The molecule has 6 atom stereocenters. The number of ether oxygens (including phenoxy) is 1. The molecule has 6 nitrogen and oxygen atoms in total. The largest absolute Gasteiger partial charge is 0.392 e. The van der Waals surface area contributed by atoms with E-state index >= 15 is 0 Å². The Bertz CT molecular complexity index is 982. The highest BCUT2D eigenvalue weighted by Gasteiger charge is 2.53. The van der Waals surface area contributed by atoms with Gasteiger partial charge in [-0.1, -0.05) is 20.8 Å². The van der Waals surface area contributed by atoms with E-state index in [9.17, 15) is 14.3 Å². The number of aliphatic hydroxyl groups excluding tert-OH is 1. The summed E-state index contributed by atoms with van der Waals surface area (Å²) in [4.78, 5) is 18.8. The van der Waals surface area contributed by atoms with Crippen molar-refractivity contribution < 1.29 is 19.0 Å². The minimum atomic E-state index is -0.565. The summed E-state index contributed by atoms with van der Waals surface area (Å²) in [7, 11) is 1.61. The van der Waals surface area contributed by atoms with Crippen LogP contribution in [0.2, 0.25) is 0 Å². The highest BCUT2D eigenvalue weighted by molar-refractivity contribution is 7.15. The van der Waals surface area contributed by atoms with Gasteiger partial charge in [-0.2, -0.15) is 0 Å². The number of nitrogens with zero attached hydrogens (tertiary/aromatic N) is 1. The van der Waals surface area contributed by atoms with E-state index < -0.39 is 6.10 Å². The third-order valence-electron chi connectivity index (χ3n) is 7.68. The summed E-state index contributed by atoms with van der Waals surface area (Å²) in [6.07, 6.45) is 2.11. The number of hydrogen-bond acceptors (Lipinski definition) is 6. The van der Waals surface area contributed by atoms with Crippen LogP contribution in [0.15, 0.2) is 24.3 Å². The Morgan fingerprint density at radius 3 is 2.82 bits per heavy atom. The molecule has 2 aliphatic rings. The van der Waals surface area contributed by atoms with E-state index in [-0.39, 0.29) is 40.8 Å². The van der Waals surface area contributed by atoms with Crippen molar-refractivity contribution in [1.29, 1.82) is 0 Å². The van der Waals surface area contributed by atoms with Gasteiger partial charge in [0.1, 0.15) is 5.82 Å². The second kappa shape index (κ2) is 9.68. The zero-order chi connectivity index (χ0) is 23.8. The van der Waals surface area contributed by atoms with Crippen LogP contribution in [0, 0.1) is 29.0 Å². The van der Waals surface area contributed by atoms with Gasteiger partial charge < -0.3 is 20.5 Å². The van der Waals surface area contributed by atoms with E-state index in [4.69, 9.17) is 9.72 Å². The maximum absolute atomic E-state index is 13.2. The summed E-state index contributed by atoms with van der Waals surface area (Å²) in [5.41, 5.74) is 1.80. The number of amides is 1. The van der Waals surface area contributed by atoms with Crippen LogP contribution in [0.3, 0.4) is 0 Å². The molecule has 1 fully saturated rings.